The number of carbonyl (C=O) groups is 1. The third kappa shape index (κ3) is 4.26. The molecule has 1 atom stereocenters. The van der Waals surface area contributed by atoms with Crippen LogP contribution in [0.2, 0.25) is 0 Å². The number of amides is 1. The van der Waals surface area contributed by atoms with Crippen LogP contribution in [0.25, 0.3) is 0 Å². The van der Waals surface area contributed by atoms with Gasteiger partial charge in [0, 0.05) is 50.6 Å². The lowest BCUT2D eigenvalue weighted by atomic mass is 9.97. The van der Waals surface area contributed by atoms with Gasteiger partial charge >= 0.3 is 0 Å². The van der Waals surface area contributed by atoms with Crippen LogP contribution in [-0.2, 0) is 19.5 Å². The van der Waals surface area contributed by atoms with Gasteiger partial charge in [-0.3, -0.25) is 9.69 Å². The molecule has 27 heavy (non-hydrogen) atoms. The Morgan fingerprint density at radius 1 is 1.26 bits per heavy atom. The van der Waals surface area contributed by atoms with E-state index >= 15 is 0 Å². The van der Waals surface area contributed by atoms with Crippen LogP contribution in [0.3, 0.4) is 0 Å². The van der Waals surface area contributed by atoms with Gasteiger partial charge in [-0.1, -0.05) is 6.92 Å². The number of hydrogen-bond donors (Lipinski definition) is 0. The second kappa shape index (κ2) is 8.30. The molecule has 146 valence electrons. The number of rotatable bonds is 6. The van der Waals surface area contributed by atoms with E-state index in [2.05, 4.69) is 21.4 Å². The molecule has 2 fully saturated rings. The van der Waals surface area contributed by atoms with Crippen molar-refractivity contribution in [3.63, 3.8) is 0 Å². The van der Waals surface area contributed by atoms with Gasteiger partial charge in [0.25, 0.3) is 5.91 Å². The molecule has 4 rings (SSSR count). The average Bonchev–Trinajstić information content (AvgIpc) is 3.44. The maximum atomic E-state index is 13.1. The Balaban J connectivity index is 1.42. The minimum absolute atomic E-state index is 0.0488. The summed E-state index contributed by atoms with van der Waals surface area (Å²) in [7, 11) is 0. The highest BCUT2D eigenvalue weighted by atomic mass is 16.4. The van der Waals surface area contributed by atoms with Crippen molar-refractivity contribution in [3.8, 4) is 0 Å². The van der Waals surface area contributed by atoms with Crippen molar-refractivity contribution < 1.29 is 9.21 Å². The second-order valence-corrected chi connectivity index (χ2v) is 7.91. The van der Waals surface area contributed by atoms with E-state index in [1.165, 1.54) is 18.4 Å². The number of aromatic nitrogens is 2. The molecule has 0 radical (unpaired) electrons. The smallest absolute Gasteiger partial charge is 0.289 e. The maximum absolute atomic E-state index is 13.1. The molecule has 1 amide bonds. The molecule has 0 unspecified atom stereocenters. The molecule has 2 aromatic rings. The Morgan fingerprint density at radius 2 is 2.11 bits per heavy atom. The standard InChI is InChI=1S/C21H30N4O2/c1-2-19-18(15-23-8-3-4-9-23)12-20(27-19)21(26)25-10-5-6-17(14-25)13-24-11-7-22-16-24/h7,11-12,16-17H,2-6,8-10,13-15H2,1H3/t17-/m0/s1. The first-order valence-electron chi connectivity index (χ1n) is 10.3. The lowest BCUT2D eigenvalue weighted by Gasteiger charge is -2.32. The molecule has 2 aromatic heterocycles. The topological polar surface area (TPSA) is 54.5 Å². The third-order valence-corrected chi connectivity index (χ3v) is 5.86. The quantitative estimate of drug-likeness (QED) is 0.784. The number of hydrogen-bond acceptors (Lipinski definition) is 4. The molecule has 4 heterocycles. The van der Waals surface area contributed by atoms with Crippen LogP contribution < -0.4 is 0 Å². The number of nitrogens with zero attached hydrogens (tertiary/aromatic N) is 4. The Morgan fingerprint density at radius 3 is 2.85 bits per heavy atom. The van der Waals surface area contributed by atoms with Crippen LogP contribution in [0, 0.1) is 5.92 Å². The Bertz CT molecular complexity index is 746. The van der Waals surface area contributed by atoms with E-state index in [0.717, 1.165) is 64.3 Å². The molecule has 2 aliphatic rings. The lowest BCUT2D eigenvalue weighted by Crippen LogP contribution is -2.40. The van der Waals surface area contributed by atoms with Crippen LogP contribution in [0.5, 0.6) is 0 Å². The normalized spacial score (nSPS) is 21.1. The number of carbonyl (C=O) groups excluding carboxylic acids is 1. The first-order chi connectivity index (χ1) is 13.2. The minimum Gasteiger partial charge on any atom is -0.456 e. The van der Waals surface area contributed by atoms with Gasteiger partial charge in [-0.15, -0.1) is 0 Å². The summed E-state index contributed by atoms with van der Waals surface area (Å²) in [5, 5.41) is 0. The van der Waals surface area contributed by atoms with E-state index in [-0.39, 0.29) is 5.91 Å². The van der Waals surface area contributed by atoms with Crippen molar-refractivity contribution in [2.75, 3.05) is 26.2 Å². The van der Waals surface area contributed by atoms with E-state index in [1.54, 1.807) is 0 Å². The van der Waals surface area contributed by atoms with Gasteiger partial charge < -0.3 is 13.9 Å². The van der Waals surface area contributed by atoms with Crippen LogP contribution in [-0.4, -0.2) is 51.4 Å². The number of aryl methyl sites for hydroxylation is 1. The maximum Gasteiger partial charge on any atom is 0.289 e. The summed E-state index contributed by atoms with van der Waals surface area (Å²) in [5.41, 5.74) is 1.19. The SMILES string of the molecule is CCc1oc(C(=O)N2CCC[C@@H](Cn3ccnc3)C2)cc1CN1CCCC1. The van der Waals surface area contributed by atoms with Crippen molar-refractivity contribution in [1.82, 2.24) is 19.4 Å². The molecule has 0 saturated carbocycles. The molecule has 0 aliphatic carbocycles. The van der Waals surface area contributed by atoms with Crippen molar-refractivity contribution in [2.24, 2.45) is 5.92 Å². The third-order valence-electron chi connectivity index (χ3n) is 5.86. The zero-order valence-electron chi connectivity index (χ0n) is 16.3. The van der Waals surface area contributed by atoms with E-state index in [0.29, 0.717) is 11.7 Å². The second-order valence-electron chi connectivity index (χ2n) is 7.91. The first-order valence-corrected chi connectivity index (χ1v) is 10.3. The van der Waals surface area contributed by atoms with Gasteiger partial charge in [0.05, 0.1) is 6.33 Å². The predicted molar refractivity (Wildman–Crippen MR) is 103 cm³/mol. The zero-order valence-corrected chi connectivity index (χ0v) is 16.3. The summed E-state index contributed by atoms with van der Waals surface area (Å²) in [6.07, 6.45) is 11.2. The molecule has 0 bridgehead atoms. The summed E-state index contributed by atoms with van der Waals surface area (Å²) < 4.78 is 8.10. The molecule has 0 spiro atoms. The number of likely N-dealkylation sites (tertiary alicyclic amines) is 2. The number of furan rings is 1. The predicted octanol–water partition coefficient (Wildman–Crippen LogP) is 3.19. The zero-order chi connectivity index (χ0) is 18.6. The van der Waals surface area contributed by atoms with Gasteiger partial charge in [-0.25, -0.2) is 4.98 Å². The summed E-state index contributed by atoms with van der Waals surface area (Å²) >= 11 is 0. The highest BCUT2D eigenvalue weighted by molar-refractivity contribution is 5.91. The van der Waals surface area contributed by atoms with Crippen LogP contribution >= 0.6 is 0 Å². The Kier molecular flexibility index (Phi) is 5.62. The van der Waals surface area contributed by atoms with E-state index in [4.69, 9.17) is 4.42 Å². The Labute approximate surface area is 161 Å². The van der Waals surface area contributed by atoms with Crippen molar-refractivity contribution in [3.05, 3.63) is 41.9 Å². The molecule has 6 heteroatoms. The summed E-state index contributed by atoms with van der Waals surface area (Å²) in [6, 6.07) is 2.00. The summed E-state index contributed by atoms with van der Waals surface area (Å²) in [4.78, 5) is 21.6. The highest BCUT2D eigenvalue weighted by Crippen LogP contribution is 2.24. The van der Waals surface area contributed by atoms with Gasteiger partial charge in [0.15, 0.2) is 5.76 Å². The van der Waals surface area contributed by atoms with Crippen LogP contribution in [0.15, 0.2) is 29.2 Å². The van der Waals surface area contributed by atoms with E-state index < -0.39 is 0 Å². The largest absolute Gasteiger partial charge is 0.456 e. The lowest BCUT2D eigenvalue weighted by molar-refractivity contribution is 0.0628. The van der Waals surface area contributed by atoms with Crippen molar-refractivity contribution in [1.29, 1.82) is 0 Å². The molecular weight excluding hydrogens is 340 g/mol. The van der Waals surface area contributed by atoms with Crippen LogP contribution in [0.1, 0.15) is 54.5 Å². The van der Waals surface area contributed by atoms with Crippen molar-refractivity contribution >= 4 is 5.91 Å². The van der Waals surface area contributed by atoms with Gasteiger partial charge in [0.2, 0.25) is 0 Å². The van der Waals surface area contributed by atoms with Gasteiger partial charge in [-0.05, 0) is 50.8 Å². The summed E-state index contributed by atoms with van der Waals surface area (Å²) in [5.74, 6) is 2.01. The molecule has 0 N–H and O–H groups in total. The number of piperidine rings is 1. The minimum atomic E-state index is 0.0488. The fourth-order valence-electron chi connectivity index (χ4n) is 4.43. The number of imidazole rings is 1. The fourth-order valence-corrected chi connectivity index (χ4v) is 4.43. The van der Waals surface area contributed by atoms with Gasteiger partial charge in [-0.2, -0.15) is 0 Å². The van der Waals surface area contributed by atoms with Gasteiger partial charge in [0.1, 0.15) is 5.76 Å². The fraction of sp³-hybridized carbons (Fsp3) is 0.619. The van der Waals surface area contributed by atoms with E-state index in [1.807, 2.05) is 29.7 Å². The summed E-state index contributed by atoms with van der Waals surface area (Å²) in [6.45, 7) is 7.84. The Hall–Kier alpha value is -2.08. The molecule has 0 aromatic carbocycles. The molecule has 2 aliphatic heterocycles. The monoisotopic (exact) mass is 370 g/mol. The average molecular weight is 370 g/mol. The molecule has 2 saturated heterocycles. The molecular formula is C21H30N4O2. The first kappa shape index (κ1) is 18.3. The molecule has 6 nitrogen and oxygen atoms in total. The van der Waals surface area contributed by atoms with Crippen molar-refractivity contribution in [2.45, 2.75) is 52.1 Å². The van der Waals surface area contributed by atoms with E-state index in [9.17, 15) is 4.79 Å². The highest BCUT2D eigenvalue weighted by Gasteiger charge is 2.28. The van der Waals surface area contributed by atoms with Crippen LogP contribution in [0.4, 0.5) is 0 Å².